The molecule has 5 nitrogen and oxygen atoms in total. The lowest BCUT2D eigenvalue weighted by molar-refractivity contribution is -0.134. The van der Waals surface area contributed by atoms with E-state index >= 15 is 0 Å². The average Bonchev–Trinajstić information content (AvgIpc) is 3.03. The topological polar surface area (TPSA) is 55.2 Å². The largest absolute Gasteiger partial charge is 0.334 e. The number of aromatic nitrogens is 2. The van der Waals surface area contributed by atoms with Gasteiger partial charge in [0.05, 0.1) is 18.1 Å². The standard InChI is InChI=1S/C19H23N3O2S/c1-2-16-14-7-9-25-17(14)6-8-22(16)19(24)11-21-12-20-15(10-18(21)23)13-4-3-5-13/h7,9-10,12-13,16H,2-6,8,11H2,1H3/t16-/m1/s1. The molecule has 2 aromatic rings. The van der Waals surface area contributed by atoms with Gasteiger partial charge in [0.1, 0.15) is 6.54 Å². The van der Waals surface area contributed by atoms with E-state index < -0.39 is 0 Å². The van der Waals surface area contributed by atoms with Gasteiger partial charge in [-0.15, -0.1) is 11.3 Å². The second kappa shape index (κ2) is 6.75. The fourth-order valence-electron chi connectivity index (χ4n) is 3.86. The third-order valence-electron chi connectivity index (χ3n) is 5.53. The van der Waals surface area contributed by atoms with Crippen molar-refractivity contribution in [1.29, 1.82) is 0 Å². The summed E-state index contributed by atoms with van der Waals surface area (Å²) in [6, 6.07) is 3.87. The lowest BCUT2D eigenvalue weighted by Gasteiger charge is -2.35. The van der Waals surface area contributed by atoms with Gasteiger partial charge in [-0.2, -0.15) is 0 Å². The van der Waals surface area contributed by atoms with Gasteiger partial charge < -0.3 is 4.90 Å². The predicted molar refractivity (Wildman–Crippen MR) is 97.9 cm³/mol. The lowest BCUT2D eigenvalue weighted by Crippen LogP contribution is -2.42. The van der Waals surface area contributed by atoms with E-state index in [1.165, 1.54) is 21.4 Å². The number of thiophene rings is 1. The molecule has 1 aliphatic heterocycles. The molecule has 3 heterocycles. The molecular weight excluding hydrogens is 334 g/mol. The summed E-state index contributed by atoms with van der Waals surface area (Å²) in [4.78, 5) is 33.0. The van der Waals surface area contributed by atoms with Gasteiger partial charge in [-0.25, -0.2) is 4.98 Å². The van der Waals surface area contributed by atoms with Gasteiger partial charge in [0.25, 0.3) is 5.56 Å². The zero-order chi connectivity index (χ0) is 17.4. The first kappa shape index (κ1) is 16.5. The Morgan fingerprint density at radius 1 is 1.40 bits per heavy atom. The molecule has 1 aliphatic carbocycles. The number of carbonyl (C=O) groups excluding carboxylic acids is 1. The molecule has 2 aromatic heterocycles. The first-order valence-corrected chi connectivity index (χ1v) is 9.97. The van der Waals surface area contributed by atoms with Crippen molar-refractivity contribution in [2.75, 3.05) is 6.54 Å². The van der Waals surface area contributed by atoms with Crippen molar-refractivity contribution in [2.24, 2.45) is 0 Å². The first-order chi connectivity index (χ1) is 12.2. The molecule has 1 atom stereocenters. The van der Waals surface area contributed by atoms with Gasteiger partial charge in [-0.1, -0.05) is 13.3 Å². The summed E-state index contributed by atoms with van der Waals surface area (Å²) in [5.74, 6) is 0.436. The Bertz CT molecular complexity index is 837. The maximum Gasteiger partial charge on any atom is 0.254 e. The summed E-state index contributed by atoms with van der Waals surface area (Å²) in [5, 5.41) is 2.11. The summed E-state index contributed by atoms with van der Waals surface area (Å²) in [5.41, 5.74) is 2.04. The van der Waals surface area contributed by atoms with Crippen LogP contribution in [0.5, 0.6) is 0 Å². The van der Waals surface area contributed by atoms with Gasteiger partial charge in [0.2, 0.25) is 5.91 Å². The molecule has 25 heavy (non-hydrogen) atoms. The van der Waals surface area contributed by atoms with Gasteiger partial charge in [-0.3, -0.25) is 14.2 Å². The highest BCUT2D eigenvalue weighted by atomic mass is 32.1. The first-order valence-electron chi connectivity index (χ1n) is 9.09. The van der Waals surface area contributed by atoms with E-state index in [9.17, 15) is 9.59 Å². The minimum absolute atomic E-state index is 0.00370. The summed E-state index contributed by atoms with van der Waals surface area (Å²) >= 11 is 1.77. The van der Waals surface area contributed by atoms with Crippen LogP contribution in [0.2, 0.25) is 0 Å². The maximum absolute atomic E-state index is 12.8. The minimum atomic E-state index is -0.119. The van der Waals surface area contributed by atoms with Crippen LogP contribution in [0, 0.1) is 0 Å². The molecule has 1 saturated carbocycles. The van der Waals surface area contributed by atoms with Gasteiger partial charge in [-0.05, 0) is 42.7 Å². The van der Waals surface area contributed by atoms with E-state index in [-0.39, 0.29) is 24.1 Å². The molecule has 0 N–H and O–H groups in total. The van der Waals surface area contributed by atoms with Crippen molar-refractivity contribution in [3.63, 3.8) is 0 Å². The summed E-state index contributed by atoms with van der Waals surface area (Å²) in [6.07, 6.45) is 6.79. The fraction of sp³-hybridized carbons (Fsp3) is 0.526. The highest BCUT2D eigenvalue weighted by Gasteiger charge is 2.30. The normalized spacial score (nSPS) is 20.2. The summed E-state index contributed by atoms with van der Waals surface area (Å²) in [6.45, 7) is 2.92. The lowest BCUT2D eigenvalue weighted by atomic mass is 9.83. The van der Waals surface area contributed by atoms with Crippen molar-refractivity contribution in [3.05, 3.63) is 50.3 Å². The highest BCUT2D eigenvalue weighted by molar-refractivity contribution is 7.10. The van der Waals surface area contributed by atoms with E-state index in [2.05, 4.69) is 23.4 Å². The van der Waals surface area contributed by atoms with Gasteiger partial charge in [0.15, 0.2) is 0 Å². The van der Waals surface area contributed by atoms with Crippen LogP contribution in [0.15, 0.2) is 28.6 Å². The molecular formula is C19H23N3O2S. The zero-order valence-electron chi connectivity index (χ0n) is 14.5. The third-order valence-corrected chi connectivity index (χ3v) is 6.53. The molecule has 4 rings (SSSR count). The Morgan fingerprint density at radius 2 is 2.24 bits per heavy atom. The molecule has 0 unspecified atom stereocenters. The molecule has 6 heteroatoms. The number of amides is 1. The van der Waals surface area contributed by atoms with Crippen LogP contribution in [0.25, 0.3) is 0 Å². The molecule has 2 aliphatic rings. The molecule has 132 valence electrons. The predicted octanol–water partition coefficient (Wildman–Crippen LogP) is 3.11. The number of nitrogens with zero attached hydrogens (tertiary/aromatic N) is 3. The Labute approximate surface area is 151 Å². The molecule has 0 radical (unpaired) electrons. The van der Waals surface area contributed by atoms with E-state index in [1.54, 1.807) is 23.7 Å². The van der Waals surface area contributed by atoms with Crippen LogP contribution in [0.1, 0.15) is 60.7 Å². The monoisotopic (exact) mass is 357 g/mol. The number of hydrogen-bond donors (Lipinski definition) is 0. The van der Waals surface area contributed by atoms with Crippen molar-refractivity contribution in [2.45, 2.75) is 57.5 Å². The van der Waals surface area contributed by atoms with Crippen LogP contribution >= 0.6 is 11.3 Å². The third kappa shape index (κ3) is 3.03. The Morgan fingerprint density at radius 3 is 2.92 bits per heavy atom. The zero-order valence-corrected chi connectivity index (χ0v) is 15.3. The second-order valence-electron chi connectivity index (χ2n) is 6.97. The second-order valence-corrected chi connectivity index (χ2v) is 7.97. The average molecular weight is 357 g/mol. The number of hydrogen-bond acceptors (Lipinski definition) is 4. The highest BCUT2D eigenvalue weighted by Crippen LogP contribution is 2.36. The summed E-state index contributed by atoms with van der Waals surface area (Å²) < 4.78 is 1.44. The Balaban J connectivity index is 1.51. The van der Waals surface area contributed by atoms with Crippen molar-refractivity contribution in [3.8, 4) is 0 Å². The SMILES string of the molecule is CC[C@@H]1c2ccsc2CCN1C(=O)Cn1cnc(C2CCC2)cc1=O. The van der Waals surface area contributed by atoms with Crippen LogP contribution in [-0.2, 0) is 17.8 Å². The molecule has 0 aromatic carbocycles. The fourth-order valence-corrected chi connectivity index (χ4v) is 4.79. The van der Waals surface area contributed by atoms with E-state index in [0.29, 0.717) is 5.92 Å². The van der Waals surface area contributed by atoms with Crippen molar-refractivity contribution < 1.29 is 4.79 Å². The Hall–Kier alpha value is -1.95. The summed E-state index contributed by atoms with van der Waals surface area (Å²) in [7, 11) is 0. The van der Waals surface area contributed by atoms with Crippen LogP contribution < -0.4 is 5.56 Å². The van der Waals surface area contributed by atoms with Crippen molar-refractivity contribution in [1.82, 2.24) is 14.5 Å². The number of carbonyl (C=O) groups is 1. The van der Waals surface area contributed by atoms with Gasteiger partial charge >= 0.3 is 0 Å². The maximum atomic E-state index is 12.8. The van der Waals surface area contributed by atoms with E-state index in [0.717, 1.165) is 37.9 Å². The quantitative estimate of drug-likeness (QED) is 0.845. The molecule has 1 amide bonds. The molecule has 0 spiro atoms. The Kier molecular flexibility index (Phi) is 4.46. The smallest absolute Gasteiger partial charge is 0.254 e. The van der Waals surface area contributed by atoms with Gasteiger partial charge in [0, 0.05) is 23.4 Å². The van der Waals surface area contributed by atoms with Crippen LogP contribution in [0.4, 0.5) is 0 Å². The minimum Gasteiger partial charge on any atom is -0.334 e. The van der Waals surface area contributed by atoms with E-state index in [1.807, 2.05) is 4.90 Å². The number of rotatable bonds is 4. The molecule has 0 saturated heterocycles. The van der Waals surface area contributed by atoms with Crippen LogP contribution in [0.3, 0.4) is 0 Å². The molecule has 1 fully saturated rings. The van der Waals surface area contributed by atoms with Crippen LogP contribution in [-0.4, -0.2) is 26.9 Å². The number of fused-ring (bicyclic) bond motifs is 1. The molecule has 0 bridgehead atoms. The van der Waals surface area contributed by atoms with E-state index in [4.69, 9.17) is 0 Å². The van der Waals surface area contributed by atoms with Crippen molar-refractivity contribution >= 4 is 17.2 Å².